The Kier molecular flexibility index (Phi) is 4.73. The fourth-order valence-corrected chi connectivity index (χ4v) is 2.21. The minimum absolute atomic E-state index is 0.0745. The van der Waals surface area contributed by atoms with Gasteiger partial charge in [0.05, 0.1) is 0 Å². The lowest BCUT2D eigenvalue weighted by atomic mass is 10.1. The minimum atomic E-state index is -0.422. The van der Waals surface area contributed by atoms with Crippen molar-refractivity contribution in [3.8, 4) is 11.6 Å². The lowest BCUT2D eigenvalue weighted by Crippen LogP contribution is -2.17. The molecule has 2 N–H and O–H groups in total. The van der Waals surface area contributed by atoms with E-state index in [1.165, 1.54) is 6.07 Å². The van der Waals surface area contributed by atoms with Gasteiger partial charge in [0.25, 0.3) is 0 Å². The highest BCUT2D eigenvalue weighted by molar-refractivity contribution is 9.10. The van der Waals surface area contributed by atoms with Gasteiger partial charge in [0.2, 0.25) is 5.88 Å². The van der Waals surface area contributed by atoms with E-state index < -0.39 is 5.82 Å². The first-order valence-electron chi connectivity index (χ1n) is 6.29. The Bertz CT molecular complexity index is 617. The van der Waals surface area contributed by atoms with E-state index in [1.54, 1.807) is 18.3 Å². The van der Waals surface area contributed by atoms with Gasteiger partial charge in [-0.1, -0.05) is 15.9 Å². The highest BCUT2D eigenvalue weighted by Crippen LogP contribution is 2.28. The molecule has 1 unspecified atom stereocenters. The van der Waals surface area contributed by atoms with Gasteiger partial charge in [0.15, 0.2) is 11.6 Å². The zero-order valence-corrected chi connectivity index (χ0v) is 12.9. The monoisotopic (exact) mass is 338 g/mol. The number of aryl methyl sites for hydroxylation is 1. The SMILES string of the molecule is Cc1cc(CC(C)N)cnc1Oc1cc(Br)ccc1F. The molecule has 0 saturated heterocycles. The van der Waals surface area contributed by atoms with Crippen molar-refractivity contribution in [2.24, 2.45) is 5.73 Å². The van der Waals surface area contributed by atoms with Crippen molar-refractivity contribution in [3.63, 3.8) is 0 Å². The van der Waals surface area contributed by atoms with E-state index in [-0.39, 0.29) is 11.8 Å². The maximum absolute atomic E-state index is 13.6. The number of nitrogens with two attached hydrogens (primary N) is 1. The molecule has 3 nitrogen and oxygen atoms in total. The van der Waals surface area contributed by atoms with E-state index in [2.05, 4.69) is 20.9 Å². The van der Waals surface area contributed by atoms with Crippen LogP contribution in [-0.4, -0.2) is 11.0 Å². The fourth-order valence-electron chi connectivity index (χ4n) is 1.87. The van der Waals surface area contributed by atoms with Crippen LogP contribution in [0, 0.1) is 12.7 Å². The Hall–Kier alpha value is -1.46. The smallest absolute Gasteiger partial charge is 0.222 e. The van der Waals surface area contributed by atoms with Crippen molar-refractivity contribution < 1.29 is 9.13 Å². The Balaban J connectivity index is 2.23. The Morgan fingerprint density at radius 3 is 2.80 bits per heavy atom. The van der Waals surface area contributed by atoms with Crippen molar-refractivity contribution in [2.45, 2.75) is 26.3 Å². The van der Waals surface area contributed by atoms with Crippen molar-refractivity contribution in [3.05, 3.63) is 51.9 Å². The van der Waals surface area contributed by atoms with Gasteiger partial charge in [-0.2, -0.15) is 0 Å². The van der Waals surface area contributed by atoms with Gasteiger partial charge in [-0.3, -0.25) is 0 Å². The van der Waals surface area contributed by atoms with E-state index in [0.29, 0.717) is 5.88 Å². The van der Waals surface area contributed by atoms with Crippen LogP contribution >= 0.6 is 15.9 Å². The van der Waals surface area contributed by atoms with Crippen LogP contribution < -0.4 is 10.5 Å². The van der Waals surface area contributed by atoms with Crippen molar-refractivity contribution >= 4 is 15.9 Å². The van der Waals surface area contributed by atoms with Crippen LogP contribution in [-0.2, 0) is 6.42 Å². The van der Waals surface area contributed by atoms with Crippen molar-refractivity contribution in [2.75, 3.05) is 0 Å². The van der Waals surface area contributed by atoms with Crippen LogP contribution in [0.4, 0.5) is 4.39 Å². The third kappa shape index (κ3) is 3.77. The van der Waals surface area contributed by atoms with Crippen molar-refractivity contribution in [1.82, 2.24) is 4.98 Å². The van der Waals surface area contributed by atoms with E-state index in [1.807, 2.05) is 19.9 Å². The summed E-state index contributed by atoms with van der Waals surface area (Å²) in [4.78, 5) is 4.24. The summed E-state index contributed by atoms with van der Waals surface area (Å²) in [5, 5.41) is 0. The molecule has 1 heterocycles. The predicted octanol–water partition coefficient (Wildman–Crippen LogP) is 3.97. The number of rotatable bonds is 4. The summed E-state index contributed by atoms with van der Waals surface area (Å²) in [5.41, 5.74) is 7.65. The first kappa shape index (κ1) is 14.9. The molecule has 0 spiro atoms. The second kappa shape index (κ2) is 6.33. The average Bonchev–Trinajstić information content (AvgIpc) is 2.36. The van der Waals surface area contributed by atoms with Crippen LogP contribution in [0.1, 0.15) is 18.1 Å². The first-order chi connectivity index (χ1) is 9.45. The molecule has 20 heavy (non-hydrogen) atoms. The highest BCUT2D eigenvalue weighted by atomic mass is 79.9. The fraction of sp³-hybridized carbons (Fsp3) is 0.267. The van der Waals surface area contributed by atoms with Gasteiger partial charge in [-0.15, -0.1) is 0 Å². The standard InChI is InChI=1S/C15H16BrFN2O/c1-9-5-11(6-10(2)18)8-19-15(9)20-14-7-12(16)3-4-13(14)17/h3-5,7-8,10H,6,18H2,1-2H3. The number of halogens is 2. The second-order valence-electron chi connectivity index (χ2n) is 4.82. The van der Waals surface area contributed by atoms with Crippen LogP contribution in [0.25, 0.3) is 0 Å². The molecular weight excluding hydrogens is 323 g/mol. The lowest BCUT2D eigenvalue weighted by molar-refractivity contribution is 0.423. The zero-order valence-electron chi connectivity index (χ0n) is 11.4. The van der Waals surface area contributed by atoms with Gasteiger partial charge in [0.1, 0.15) is 0 Å². The molecule has 0 saturated carbocycles. The number of pyridine rings is 1. The van der Waals surface area contributed by atoms with E-state index >= 15 is 0 Å². The molecule has 1 aromatic heterocycles. The quantitative estimate of drug-likeness (QED) is 0.917. The van der Waals surface area contributed by atoms with Gasteiger partial charge < -0.3 is 10.5 Å². The van der Waals surface area contributed by atoms with Gasteiger partial charge >= 0.3 is 0 Å². The number of aromatic nitrogens is 1. The van der Waals surface area contributed by atoms with Crippen molar-refractivity contribution in [1.29, 1.82) is 0 Å². The molecular formula is C15H16BrFN2O. The number of hydrogen-bond donors (Lipinski definition) is 1. The molecule has 0 aliphatic rings. The van der Waals surface area contributed by atoms with Crippen LogP contribution in [0.3, 0.4) is 0 Å². The van der Waals surface area contributed by atoms with E-state index in [0.717, 1.165) is 22.0 Å². The maximum atomic E-state index is 13.6. The molecule has 0 radical (unpaired) electrons. The molecule has 0 aliphatic carbocycles. The molecule has 2 aromatic rings. The Labute approximate surface area is 126 Å². The number of benzene rings is 1. The highest BCUT2D eigenvalue weighted by Gasteiger charge is 2.10. The summed E-state index contributed by atoms with van der Waals surface area (Å²) in [6, 6.07) is 6.58. The van der Waals surface area contributed by atoms with E-state index in [9.17, 15) is 4.39 Å². The third-order valence-corrected chi connectivity index (χ3v) is 3.24. The normalized spacial score (nSPS) is 12.2. The summed E-state index contributed by atoms with van der Waals surface area (Å²) in [5.74, 6) is 0.124. The molecule has 2 rings (SSSR count). The summed E-state index contributed by atoms with van der Waals surface area (Å²) in [6.45, 7) is 3.82. The maximum Gasteiger partial charge on any atom is 0.222 e. The summed E-state index contributed by atoms with van der Waals surface area (Å²) in [6.07, 6.45) is 2.46. The molecule has 0 bridgehead atoms. The van der Waals surface area contributed by atoms with Gasteiger partial charge in [-0.05, 0) is 50.1 Å². The summed E-state index contributed by atoms with van der Waals surface area (Å²) < 4.78 is 19.9. The zero-order chi connectivity index (χ0) is 14.7. The Morgan fingerprint density at radius 2 is 2.15 bits per heavy atom. The molecule has 0 amide bonds. The molecule has 0 aliphatic heterocycles. The summed E-state index contributed by atoms with van der Waals surface area (Å²) >= 11 is 3.29. The number of nitrogens with zero attached hydrogens (tertiary/aromatic N) is 1. The average molecular weight is 339 g/mol. The lowest BCUT2D eigenvalue weighted by Gasteiger charge is -2.11. The number of hydrogen-bond acceptors (Lipinski definition) is 3. The number of ether oxygens (including phenoxy) is 1. The van der Waals surface area contributed by atoms with Crippen LogP contribution in [0.5, 0.6) is 11.6 Å². The van der Waals surface area contributed by atoms with E-state index in [4.69, 9.17) is 10.5 Å². The Morgan fingerprint density at radius 1 is 1.40 bits per heavy atom. The molecule has 5 heteroatoms. The minimum Gasteiger partial charge on any atom is -0.436 e. The second-order valence-corrected chi connectivity index (χ2v) is 5.74. The first-order valence-corrected chi connectivity index (χ1v) is 7.09. The molecule has 106 valence electrons. The van der Waals surface area contributed by atoms with Gasteiger partial charge in [-0.25, -0.2) is 9.37 Å². The molecule has 0 fully saturated rings. The van der Waals surface area contributed by atoms with Crippen LogP contribution in [0.2, 0.25) is 0 Å². The molecule has 1 aromatic carbocycles. The third-order valence-electron chi connectivity index (χ3n) is 2.74. The topological polar surface area (TPSA) is 48.1 Å². The van der Waals surface area contributed by atoms with Crippen LogP contribution in [0.15, 0.2) is 34.9 Å². The largest absolute Gasteiger partial charge is 0.436 e. The predicted molar refractivity (Wildman–Crippen MR) is 80.5 cm³/mol. The van der Waals surface area contributed by atoms with Gasteiger partial charge in [0, 0.05) is 22.3 Å². The molecule has 1 atom stereocenters. The summed E-state index contributed by atoms with van der Waals surface area (Å²) in [7, 11) is 0.